The van der Waals surface area contributed by atoms with Gasteiger partial charge in [-0.3, -0.25) is 9.59 Å². The van der Waals surface area contributed by atoms with Gasteiger partial charge in [-0.1, -0.05) is 30.3 Å². The van der Waals surface area contributed by atoms with E-state index in [9.17, 15) is 9.59 Å². The zero-order valence-electron chi connectivity index (χ0n) is 12.5. The van der Waals surface area contributed by atoms with Crippen molar-refractivity contribution in [2.45, 2.75) is 6.17 Å². The summed E-state index contributed by atoms with van der Waals surface area (Å²) in [6.07, 6.45) is -0.495. The number of hydrogen-bond acceptors (Lipinski definition) is 3. The van der Waals surface area contributed by atoms with Crippen LogP contribution in [0.3, 0.4) is 0 Å². The van der Waals surface area contributed by atoms with Crippen molar-refractivity contribution in [1.29, 1.82) is 0 Å². The number of carbonyl (C=O) groups is 1. The van der Waals surface area contributed by atoms with E-state index in [0.29, 0.717) is 11.1 Å². The molecule has 23 heavy (non-hydrogen) atoms. The second-order valence-electron chi connectivity index (χ2n) is 5.65. The molecule has 114 valence electrons. The molecule has 1 amide bonds. The maximum Gasteiger partial charge on any atom is 0.255 e. The number of para-hydroxylation sites is 2. The van der Waals surface area contributed by atoms with Gasteiger partial charge in [-0.2, -0.15) is 0 Å². The highest BCUT2D eigenvalue weighted by Crippen LogP contribution is 2.30. The molecule has 5 heteroatoms. The smallest absolute Gasteiger partial charge is 0.255 e. The Hall–Kier alpha value is -3.08. The van der Waals surface area contributed by atoms with Gasteiger partial charge in [0, 0.05) is 12.6 Å². The summed E-state index contributed by atoms with van der Waals surface area (Å²) >= 11 is 0. The lowest BCUT2D eigenvalue weighted by molar-refractivity contribution is 0.0928. The lowest BCUT2D eigenvalue weighted by Gasteiger charge is -2.36. The summed E-state index contributed by atoms with van der Waals surface area (Å²) in [4.78, 5) is 29.6. The van der Waals surface area contributed by atoms with Crippen molar-refractivity contribution in [1.82, 2.24) is 10.3 Å². The largest absolute Gasteiger partial charge is 0.350 e. The highest BCUT2D eigenvalue weighted by Gasteiger charge is 2.30. The zero-order valence-corrected chi connectivity index (χ0v) is 12.5. The van der Waals surface area contributed by atoms with E-state index < -0.39 is 6.17 Å². The SMILES string of the molecule is CN1c2ccccc2C(=O)N[C@@H]1c1cc2ccccc2[nH]c1=O. The van der Waals surface area contributed by atoms with Gasteiger partial charge in [-0.15, -0.1) is 0 Å². The molecule has 0 saturated heterocycles. The molecule has 3 aromatic rings. The van der Waals surface area contributed by atoms with E-state index in [1.165, 1.54) is 0 Å². The van der Waals surface area contributed by atoms with Crippen LogP contribution in [0.2, 0.25) is 0 Å². The quantitative estimate of drug-likeness (QED) is 0.725. The summed E-state index contributed by atoms with van der Waals surface area (Å²) in [5.74, 6) is -0.170. The first kappa shape index (κ1) is 13.6. The van der Waals surface area contributed by atoms with Crippen LogP contribution >= 0.6 is 0 Å². The number of aromatic amines is 1. The summed E-state index contributed by atoms with van der Waals surface area (Å²) in [5, 5.41) is 3.85. The molecule has 5 nitrogen and oxygen atoms in total. The Morgan fingerprint density at radius 3 is 2.61 bits per heavy atom. The van der Waals surface area contributed by atoms with Crippen LogP contribution < -0.4 is 15.8 Å². The molecule has 2 aromatic carbocycles. The molecule has 4 rings (SSSR count). The Morgan fingerprint density at radius 1 is 1.00 bits per heavy atom. The molecular weight excluding hydrogens is 290 g/mol. The second kappa shape index (κ2) is 4.98. The van der Waals surface area contributed by atoms with E-state index in [1.807, 2.05) is 60.5 Å². The number of carbonyl (C=O) groups excluding carboxylic acids is 1. The fraction of sp³-hybridized carbons (Fsp3) is 0.111. The predicted molar refractivity (Wildman–Crippen MR) is 89.6 cm³/mol. The van der Waals surface area contributed by atoms with Crippen LogP contribution in [0.5, 0.6) is 0 Å². The van der Waals surface area contributed by atoms with Gasteiger partial charge in [-0.25, -0.2) is 0 Å². The molecule has 0 bridgehead atoms. The highest BCUT2D eigenvalue weighted by molar-refractivity contribution is 6.02. The molecule has 0 saturated carbocycles. The molecule has 2 heterocycles. The average molecular weight is 305 g/mol. The van der Waals surface area contributed by atoms with Crippen LogP contribution in [0.1, 0.15) is 22.1 Å². The third-order valence-corrected chi connectivity index (χ3v) is 4.26. The normalized spacial score (nSPS) is 17.0. The van der Waals surface area contributed by atoms with E-state index >= 15 is 0 Å². The van der Waals surface area contributed by atoms with Gasteiger partial charge in [0.2, 0.25) is 0 Å². The van der Waals surface area contributed by atoms with Gasteiger partial charge in [0.25, 0.3) is 11.5 Å². The van der Waals surface area contributed by atoms with Gasteiger partial charge in [0.1, 0.15) is 6.17 Å². The molecule has 0 radical (unpaired) electrons. The number of aromatic nitrogens is 1. The standard InChI is InChI=1S/C18H15N3O2/c1-21-15-9-5-3-7-12(15)17(22)20-16(21)13-10-11-6-2-4-8-14(11)19-18(13)23/h2-10,16H,1H3,(H,19,23)(H,20,22)/t16-/m0/s1. The van der Waals surface area contributed by atoms with Crippen molar-refractivity contribution in [3.05, 3.63) is 76.1 Å². The van der Waals surface area contributed by atoms with Crippen molar-refractivity contribution in [3.63, 3.8) is 0 Å². The number of hydrogen-bond donors (Lipinski definition) is 2. The third kappa shape index (κ3) is 2.09. The zero-order chi connectivity index (χ0) is 16.0. The fourth-order valence-electron chi connectivity index (χ4n) is 3.06. The number of nitrogens with zero attached hydrogens (tertiary/aromatic N) is 1. The second-order valence-corrected chi connectivity index (χ2v) is 5.65. The minimum atomic E-state index is -0.495. The topological polar surface area (TPSA) is 65.2 Å². The molecule has 0 spiro atoms. The molecule has 0 unspecified atom stereocenters. The number of benzene rings is 2. The van der Waals surface area contributed by atoms with E-state index in [1.54, 1.807) is 6.07 Å². The lowest BCUT2D eigenvalue weighted by atomic mass is 10.0. The van der Waals surface area contributed by atoms with Crippen LogP contribution in [0.4, 0.5) is 5.69 Å². The molecule has 1 aliphatic heterocycles. The Balaban J connectivity index is 1.87. The number of pyridine rings is 1. The number of fused-ring (bicyclic) bond motifs is 2. The Bertz CT molecular complexity index is 977. The first-order chi connectivity index (χ1) is 11.1. The first-order valence-electron chi connectivity index (χ1n) is 7.40. The van der Waals surface area contributed by atoms with Gasteiger partial charge in [-0.05, 0) is 29.7 Å². The molecule has 1 aromatic heterocycles. The summed E-state index contributed by atoms with van der Waals surface area (Å²) in [7, 11) is 1.87. The maximum absolute atomic E-state index is 12.5. The molecular formula is C18H15N3O2. The lowest BCUT2D eigenvalue weighted by Crippen LogP contribution is -2.46. The van der Waals surface area contributed by atoms with E-state index in [0.717, 1.165) is 16.6 Å². The third-order valence-electron chi connectivity index (χ3n) is 4.26. The van der Waals surface area contributed by atoms with E-state index in [-0.39, 0.29) is 11.5 Å². The minimum Gasteiger partial charge on any atom is -0.350 e. The Morgan fingerprint density at radius 2 is 1.74 bits per heavy atom. The minimum absolute atomic E-state index is 0.170. The van der Waals surface area contributed by atoms with Crippen LogP contribution in [0.15, 0.2) is 59.4 Å². The number of anilines is 1. The number of rotatable bonds is 1. The van der Waals surface area contributed by atoms with Crippen molar-refractivity contribution in [2.24, 2.45) is 0 Å². The predicted octanol–water partition coefficient (Wildman–Crippen LogP) is 2.41. The van der Waals surface area contributed by atoms with E-state index in [2.05, 4.69) is 10.3 Å². The maximum atomic E-state index is 12.5. The van der Waals surface area contributed by atoms with Crippen LogP contribution in [0, 0.1) is 0 Å². The molecule has 1 aliphatic rings. The van der Waals surface area contributed by atoms with Crippen molar-refractivity contribution >= 4 is 22.5 Å². The summed E-state index contributed by atoms with van der Waals surface area (Å²) in [6.45, 7) is 0. The van der Waals surface area contributed by atoms with E-state index in [4.69, 9.17) is 0 Å². The first-order valence-corrected chi connectivity index (χ1v) is 7.40. The van der Waals surface area contributed by atoms with Crippen molar-refractivity contribution in [2.75, 3.05) is 11.9 Å². The molecule has 1 atom stereocenters. The molecule has 0 fully saturated rings. The summed E-state index contributed by atoms with van der Waals surface area (Å²) < 4.78 is 0. The van der Waals surface area contributed by atoms with Gasteiger partial charge in [0.15, 0.2) is 0 Å². The number of H-pyrrole nitrogens is 1. The fourth-order valence-corrected chi connectivity index (χ4v) is 3.06. The summed E-state index contributed by atoms with van der Waals surface area (Å²) in [6, 6.07) is 16.8. The summed E-state index contributed by atoms with van der Waals surface area (Å²) in [5.41, 5.74) is 2.54. The Labute approximate surface area is 132 Å². The van der Waals surface area contributed by atoms with Gasteiger partial charge >= 0.3 is 0 Å². The highest BCUT2D eigenvalue weighted by atomic mass is 16.2. The van der Waals surface area contributed by atoms with Crippen LogP contribution in [-0.2, 0) is 0 Å². The number of amides is 1. The van der Waals surface area contributed by atoms with Crippen LogP contribution in [-0.4, -0.2) is 17.9 Å². The van der Waals surface area contributed by atoms with Gasteiger partial charge in [0.05, 0.1) is 16.8 Å². The molecule has 2 N–H and O–H groups in total. The van der Waals surface area contributed by atoms with Crippen molar-refractivity contribution in [3.8, 4) is 0 Å². The number of nitrogens with one attached hydrogen (secondary N) is 2. The average Bonchev–Trinajstić information content (AvgIpc) is 2.58. The van der Waals surface area contributed by atoms with Crippen LogP contribution in [0.25, 0.3) is 10.9 Å². The Kier molecular flexibility index (Phi) is 2.94. The van der Waals surface area contributed by atoms with Crippen molar-refractivity contribution < 1.29 is 4.79 Å². The van der Waals surface area contributed by atoms with Gasteiger partial charge < -0.3 is 15.2 Å². The monoisotopic (exact) mass is 305 g/mol. The molecule has 0 aliphatic carbocycles.